The van der Waals surface area contributed by atoms with E-state index in [9.17, 15) is 4.79 Å². The second-order valence-electron chi connectivity index (χ2n) is 5.50. The standard InChI is InChI=1S/C16H25N3O/c1-2-3-4-16(20)19-11-9-18(10-12-19)13-14-5-7-15(17)8-6-14/h5-8H,2-4,9-13,17H2,1H3. The van der Waals surface area contributed by atoms with Gasteiger partial charge in [0.05, 0.1) is 0 Å². The summed E-state index contributed by atoms with van der Waals surface area (Å²) >= 11 is 0. The van der Waals surface area contributed by atoms with E-state index in [1.165, 1.54) is 5.56 Å². The van der Waals surface area contributed by atoms with Crippen molar-refractivity contribution in [3.8, 4) is 0 Å². The lowest BCUT2D eigenvalue weighted by molar-refractivity contribution is -0.133. The molecule has 0 aromatic heterocycles. The first kappa shape index (κ1) is 14.9. The molecule has 0 unspecified atom stereocenters. The first-order valence-corrected chi connectivity index (χ1v) is 7.53. The van der Waals surface area contributed by atoms with Crippen molar-refractivity contribution in [2.75, 3.05) is 31.9 Å². The number of unbranched alkanes of at least 4 members (excludes halogenated alkanes) is 1. The molecule has 0 radical (unpaired) electrons. The minimum absolute atomic E-state index is 0.319. The molecule has 4 heteroatoms. The summed E-state index contributed by atoms with van der Waals surface area (Å²) in [4.78, 5) is 16.4. The van der Waals surface area contributed by atoms with Gasteiger partial charge in [0.1, 0.15) is 0 Å². The minimum atomic E-state index is 0.319. The Bertz CT molecular complexity index is 422. The fourth-order valence-electron chi connectivity index (χ4n) is 2.52. The number of anilines is 1. The topological polar surface area (TPSA) is 49.6 Å². The Balaban J connectivity index is 1.76. The number of carbonyl (C=O) groups excluding carboxylic acids is 1. The fourth-order valence-corrected chi connectivity index (χ4v) is 2.52. The molecule has 1 heterocycles. The van der Waals surface area contributed by atoms with Crippen molar-refractivity contribution < 1.29 is 4.79 Å². The van der Waals surface area contributed by atoms with Crippen molar-refractivity contribution in [1.82, 2.24) is 9.80 Å². The lowest BCUT2D eigenvalue weighted by atomic mass is 10.1. The van der Waals surface area contributed by atoms with Crippen LogP contribution >= 0.6 is 0 Å². The summed E-state index contributed by atoms with van der Waals surface area (Å²) in [6.07, 6.45) is 2.79. The van der Waals surface area contributed by atoms with Gasteiger partial charge in [-0.2, -0.15) is 0 Å². The van der Waals surface area contributed by atoms with Crippen molar-refractivity contribution in [2.24, 2.45) is 0 Å². The van der Waals surface area contributed by atoms with Crippen LogP contribution in [0.3, 0.4) is 0 Å². The molecule has 0 aliphatic carbocycles. The molecule has 1 amide bonds. The Morgan fingerprint density at radius 1 is 1.15 bits per heavy atom. The lowest BCUT2D eigenvalue weighted by Crippen LogP contribution is -2.48. The number of rotatable bonds is 5. The number of piperazine rings is 1. The highest BCUT2D eigenvalue weighted by Gasteiger charge is 2.20. The van der Waals surface area contributed by atoms with E-state index in [0.717, 1.165) is 51.3 Å². The summed E-state index contributed by atoms with van der Waals surface area (Å²) in [6, 6.07) is 8.04. The third-order valence-electron chi connectivity index (χ3n) is 3.86. The summed E-state index contributed by atoms with van der Waals surface area (Å²) < 4.78 is 0. The van der Waals surface area contributed by atoms with Crippen LogP contribution in [0.25, 0.3) is 0 Å². The van der Waals surface area contributed by atoms with Crippen LogP contribution in [0.2, 0.25) is 0 Å². The molecular formula is C16H25N3O. The van der Waals surface area contributed by atoms with Gasteiger partial charge in [0.25, 0.3) is 0 Å². The highest BCUT2D eigenvalue weighted by molar-refractivity contribution is 5.76. The third kappa shape index (κ3) is 4.23. The van der Waals surface area contributed by atoms with Gasteiger partial charge in [0.2, 0.25) is 5.91 Å². The highest BCUT2D eigenvalue weighted by atomic mass is 16.2. The molecular weight excluding hydrogens is 250 g/mol. The number of carbonyl (C=O) groups is 1. The normalized spacial score (nSPS) is 16.4. The maximum absolute atomic E-state index is 12.0. The van der Waals surface area contributed by atoms with Gasteiger partial charge < -0.3 is 10.6 Å². The summed E-state index contributed by atoms with van der Waals surface area (Å²) in [6.45, 7) is 6.70. The van der Waals surface area contributed by atoms with Gasteiger partial charge in [-0.3, -0.25) is 9.69 Å². The number of hydrogen-bond donors (Lipinski definition) is 1. The van der Waals surface area contributed by atoms with Crippen LogP contribution in [0.4, 0.5) is 5.69 Å². The average Bonchev–Trinajstić information content (AvgIpc) is 2.48. The SMILES string of the molecule is CCCCC(=O)N1CCN(Cc2ccc(N)cc2)CC1. The largest absolute Gasteiger partial charge is 0.399 e. The molecule has 0 saturated carbocycles. The predicted octanol–water partition coefficient (Wildman–Crippen LogP) is 2.10. The van der Waals surface area contributed by atoms with E-state index >= 15 is 0 Å². The zero-order valence-electron chi connectivity index (χ0n) is 12.3. The minimum Gasteiger partial charge on any atom is -0.399 e. The molecule has 1 aliphatic heterocycles. The lowest BCUT2D eigenvalue weighted by Gasteiger charge is -2.34. The molecule has 0 bridgehead atoms. The molecule has 1 aromatic rings. The van der Waals surface area contributed by atoms with Crippen LogP contribution in [-0.4, -0.2) is 41.9 Å². The molecule has 2 rings (SSSR count). The van der Waals surface area contributed by atoms with E-state index in [-0.39, 0.29) is 0 Å². The first-order chi connectivity index (χ1) is 9.69. The molecule has 20 heavy (non-hydrogen) atoms. The zero-order valence-corrected chi connectivity index (χ0v) is 12.3. The Morgan fingerprint density at radius 3 is 2.40 bits per heavy atom. The summed E-state index contributed by atoms with van der Waals surface area (Å²) in [7, 11) is 0. The van der Waals surface area contributed by atoms with Gasteiger partial charge in [-0.1, -0.05) is 25.5 Å². The van der Waals surface area contributed by atoms with Crippen molar-refractivity contribution in [2.45, 2.75) is 32.7 Å². The van der Waals surface area contributed by atoms with E-state index in [1.54, 1.807) is 0 Å². The first-order valence-electron chi connectivity index (χ1n) is 7.53. The van der Waals surface area contributed by atoms with E-state index < -0.39 is 0 Å². The maximum atomic E-state index is 12.0. The fraction of sp³-hybridized carbons (Fsp3) is 0.562. The molecule has 0 atom stereocenters. The second-order valence-corrected chi connectivity index (χ2v) is 5.50. The molecule has 110 valence electrons. The number of nitrogens with two attached hydrogens (primary N) is 1. The van der Waals surface area contributed by atoms with Gasteiger partial charge in [-0.05, 0) is 24.1 Å². The molecule has 0 spiro atoms. The number of benzene rings is 1. The summed E-state index contributed by atoms with van der Waals surface area (Å²) in [5.74, 6) is 0.319. The quantitative estimate of drug-likeness (QED) is 0.837. The van der Waals surface area contributed by atoms with Crippen LogP contribution in [0.1, 0.15) is 31.7 Å². The van der Waals surface area contributed by atoms with Crippen molar-refractivity contribution in [3.63, 3.8) is 0 Å². The maximum Gasteiger partial charge on any atom is 0.222 e. The number of nitrogen functional groups attached to an aromatic ring is 1. The van der Waals surface area contributed by atoms with E-state index in [4.69, 9.17) is 5.73 Å². The van der Waals surface area contributed by atoms with E-state index in [2.05, 4.69) is 24.0 Å². The van der Waals surface area contributed by atoms with E-state index in [0.29, 0.717) is 12.3 Å². The zero-order chi connectivity index (χ0) is 14.4. The Hall–Kier alpha value is -1.55. The smallest absolute Gasteiger partial charge is 0.222 e. The Labute approximate surface area is 121 Å². The van der Waals surface area contributed by atoms with Gasteiger partial charge in [-0.15, -0.1) is 0 Å². The van der Waals surface area contributed by atoms with Crippen LogP contribution in [-0.2, 0) is 11.3 Å². The second kappa shape index (κ2) is 7.29. The Kier molecular flexibility index (Phi) is 5.41. The van der Waals surface area contributed by atoms with Crippen LogP contribution < -0.4 is 5.73 Å². The van der Waals surface area contributed by atoms with Crippen LogP contribution in [0.5, 0.6) is 0 Å². The molecule has 1 aromatic carbocycles. The number of nitrogens with zero attached hydrogens (tertiary/aromatic N) is 2. The van der Waals surface area contributed by atoms with Gasteiger partial charge in [0, 0.05) is 44.8 Å². The molecule has 1 fully saturated rings. The number of amides is 1. The van der Waals surface area contributed by atoms with E-state index in [1.807, 2.05) is 17.0 Å². The third-order valence-corrected chi connectivity index (χ3v) is 3.86. The molecule has 4 nitrogen and oxygen atoms in total. The molecule has 2 N–H and O–H groups in total. The average molecular weight is 275 g/mol. The molecule has 1 saturated heterocycles. The predicted molar refractivity (Wildman–Crippen MR) is 82.2 cm³/mol. The van der Waals surface area contributed by atoms with Crippen molar-refractivity contribution in [1.29, 1.82) is 0 Å². The van der Waals surface area contributed by atoms with Crippen molar-refractivity contribution in [3.05, 3.63) is 29.8 Å². The molecule has 1 aliphatic rings. The van der Waals surface area contributed by atoms with Crippen LogP contribution in [0.15, 0.2) is 24.3 Å². The highest BCUT2D eigenvalue weighted by Crippen LogP contribution is 2.12. The van der Waals surface area contributed by atoms with Gasteiger partial charge in [0.15, 0.2) is 0 Å². The van der Waals surface area contributed by atoms with Gasteiger partial charge in [-0.25, -0.2) is 0 Å². The van der Waals surface area contributed by atoms with Crippen LogP contribution in [0, 0.1) is 0 Å². The summed E-state index contributed by atoms with van der Waals surface area (Å²) in [5.41, 5.74) is 7.78. The monoisotopic (exact) mass is 275 g/mol. The Morgan fingerprint density at radius 2 is 1.80 bits per heavy atom. The van der Waals surface area contributed by atoms with Gasteiger partial charge >= 0.3 is 0 Å². The number of hydrogen-bond acceptors (Lipinski definition) is 3. The summed E-state index contributed by atoms with van der Waals surface area (Å²) in [5, 5.41) is 0. The van der Waals surface area contributed by atoms with Crippen molar-refractivity contribution >= 4 is 11.6 Å².